The highest BCUT2D eigenvalue weighted by molar-refractivity contribution is 5.87. The van der Waals surface area contributed by atoms with Crippen molar-refractivity contribution in [3.8, 4) is 0 Å². The van der Waals surface area contributed by atoms with E-state index < -0.39 is 5.97 Å². The number of hydrogen-bond donors (Lipinski definition) is 1. The first-order valence-electron chi connectivity index (χ1n) is 7.10. The molecule has 1 aromatic rings. The van der Waals surface area contributed by atoms with Gasteiger partial charge in [0.2, 0.25) is 0 Å². The van der Waals surface area contributed by atoms with Crippen molar-refractivity contribution in [2.24, 2.45) is 17.8 Å². The minimum absolute atomic E-state index is 0.0393. The van der Waals surface area contributed by atoms with Gasteiger partial charge in [-0.2, -0.15) is 0 Å². The van der Waals surface area contributed by atoms with Crippen LogP contribution in [0.1, 0.15) is 54.4 Å². The van der Waals surface area contributed by atoms with Crippen LogP contribution in [0.4, 0.5) is 4.39 Å². The number of fused-ring (bicyclic) bond motifs is 2. The summed E-state index contributed by atoms with van der Waals surface area (Å²) >= 11 is 0. The van der Waals surface area contributed by atoms with Gasteiger partial charge in [-0.3, -0.25) is 0 Å². The summed E-state index contributed by atoms with van der Waals surface area (Å²) in [5, 5.41) is 8.90. The SMILES string of the molecule is CC1CC2CCCC1C2c1ccc(C(=O)O)cc1F. The van der Waals surface area contributed by atoms with Gasteiger partial charge in [0.1, 0.15) is 5.82 Å². The molecule has 102 valence electrons. The number of carbonyl (C=O) groups is 1. The van der Waals surface area contributed by atoms with E-state index in [-0.39, 0.29) is 11.4 Å². The van der Waals surface area contributed by atoms with Crippen LogP contribution < -0.4 is 0 Å². The number of carboxylic acid groups (broad SMARTS) is 1. The maximum Gasteiger partial charge on any atom is 0.335 e. The van der Waals surface area contributed by atoms with Crippen molar-refractivity contribution in [3.05, 3.63) is 35.1 Å². The van der Waals surface area contributed by atoms with Crippen LogP contribution in [-0.2, 0) is 0 Å². The van der Waals surface area contributed by atoms with Crippen LogP contribution in [0.3, 0.4) is 0 Å². The standard InChI is InChI=1S/C16H19FO2/c1-9-7-10-3-2-4-12(9)15(10)13-6-5-11(16(18)19)8-14(13)17/h5-6,8-10,12,15H,2-4,7H2,1H3,(H,18,19). The van der Waals surface area contributed by atoms with E-state index in [2.05, 4.69) is 6.92 Å². The summed E-state index contributed by atoms with van der Waals surface area (Å²) in [5.74, 6) is 0.715. The molecule has 0 amide bonds. The lowest BCUT2D eigenvalue weighted by Gasteiger charge is -2.31. The van der Waals surface area contributed by atoms with Crippen LogP contribution in [-0.4, -0.2) is 11.1 Å². The molecule has 4 unspecified atom stereocenters. The summed E-state index contributed by atoms with van der Waals surface area (Å²) in [6, 6.07) is 4.42. The summed E-state index contributed by atoms with van der Waals surface area (Å²) < 4.78 is 14.2. The van der Waals surface area contributed by atoms with E-state index in [0.717, 1.165) is 5.56 Å². The zero-order valence-corrected chi connectivity index (χ0v) is 11.1. The fourth-order valence-corrected chi connectivity index (χ4v) is 4.29. The monoisotopic (exact) mass is 262 g/mol. The Morgan fingerprint density at radius 2 is 2.16 bits per heavy atom. The highest BCUT2D eigenvalue weighted by Gasteiger charge is 2.44. The summed E-state index contributed by atoms with van der Waals surface area (Å²) in [6.07, 6.45) is 4.81. The maximum atomic E-state index is 14.2. The highest BCUT2D eigenvalue weighted by Crippen LogP contribution is 2.55. The summed E-state index contributed by atoms with van der Waals surface area (Å²) in [5.41, 5.74) is 0.779. The average molecular weight is 262 g/mol. The van der Waals surface area contributed by atoms with E-state index in [1.54, 1.807) is 12.1 Å². The first-order chi connectivity index (χ1) is 9.08. The van der Waals surface area contributed by atoms with Crippen LogP contribution >= 0.6 is 0 Å². The molecule has 2 bridgehead atoms. The minimum atomic E-state index is -1.06. The second kappa shape index (κ2) is 4.62. The number of benzene rings is 1. The molecule has 0 saturated heterocycles. The fourth-order valence-electron chi connectivity index (χ4n) is 4.29. The third kappa shape index (κ3) is 2.05. The first kappa shape index (κ1) is 12.6. The molecule has 0 aliphatic heterocycles. The normalized spacial score (nSPS) is 33.4. The fraction of sp³-hybridized carbons (Fsp3) is 0.562. The third-order valence-electron chi connectivity index (χ3n) is 5.09. The van der Waals surface area contributed by atoms with Crippen molar-refractivity contribution in [3.63, 3.8) is 0 Å². The van der Waals surface area contributed by atoms with Crippen molar-refractivity contribution < 1.29 is 14.3 Å². The Kier molecular flexibility index (Phi) is 3.08. The molecule has 0 heterocycles. The third-order valence-corrected chi connectivity index (χ3v) is 5.09. The lowest BCUT2D eigenvalue weighted by atomic mass is 9.73. The quantitative estimate of drug-likeness (QED) is 0.872. The smallest absolute Gasteiger partial charge is 0.335 e. The van der Waals surface area contributed by atoms with E-state index >= 15 is 0 Å². The second-order valence-electron chi connectivity index (χ2n) is 6.14. The highest BCUT2D eigenvalue weighted by atomic mass is 19.1. The van der Waals surface area contributed by atoms with Gasteiger partial charge in [-0.15, -0.1) is 0 Å². The molecule has 2 nitrogen and oxygen atoms in total. The Morgan fingerprint density at radius 3 is 2.79 bits per heavy atom. The van der Waals surface area contributed by atoms with Gasteiger partial charge in [-0.25, -0.2) is 9.18 Å². The number of hydrogen-bond acceptors (Lipinski definition) is 1. The Morgan fingerprint density at radius 1 is 1.37 bits per heavy atom. The summed E-state index contributed by atoms with van der Waals surface area (Å²) in [6.45, 7) is 2.27. The number of rotatable bonds is 2. The molecular weight excluding hydrogens is 243 g/mol. The van der Waals surface area contributed by atoms with Crippen molar-refractivity contribution in [1.29, 1.82) is 0 Å². The molecule has 2 saturated carbocycles. The molecule has 2 aliphatic carbocycles. The molecule has 2 aliphatic rings. The molecule has 4 atom stereocenters. The molecule has 19 heavy (non-hydrogen) atoms. The van der Waals surface area contributed by atoms with Crippen molar-refractivity contribution in [1.82, 2.24) is 0 Å². The molecule has 3 heteroatoms. The Hall–Kier alpha value is -1.38. The molecule has 0 spiro atoms. The molecule has 2 fully saturated rings. The van der Waals surface area contributed by atoms with Gasteiger partial charge >= 0.3 is 5.97 Å². The Balaban J connectivity index is 1.96. The largest absolute Gasteiger partial charge is 0.478 e. The Bertz CT molecular complexity index is 511. The van der Waals surface area contributed by atoms with Crippen LogP contribution in [0.15, 0.2) is 18.2 Å². The Labute approximate surface area is 112 Å². The zero-order chi connectivity index (χ0) is 13.6. The van der Waals surface area contributed by atoms with Crippen LogP contribution in [0, 0.1) is 23.6 Å². The van der Waals surface area contributed by atoms with E-state index in [1.807, 2.05) is 0 Å². The van der Waals surface area contributed by atoms with Crippen molar-refractivity contribution in [2.45, 2.75) is 38.5 Å². The summed E-state index contributed by atoms with van der Waals surface area (Å²) in [4.78, 5) is 10.9. The lowest BCUT2D eigenvalue weighted by molar-refractivity contribution is 0.0696. The van der Waals surface area contributed by atoms with E-state index in [0.29, 0.717) is 23.7 Å². The van der Waals surface area contributed by atoms with E-state index in [9.17, 15) is 9.18 Å². The number of halogens is 1. The van der Waals surface area contributed by atoms with Gasteiger partial charge < -0.3 is 5.11 Å². The van der Waals surface area contributed by atoms with Crippen molar-refractivity contribution >= 4 is 5.97 Å². The predicted octanol–water partition coefficient (Wildman–Crippen LogP) is 4.06. The van der Waals surface area contributed by atoms with Gasteiger partial charge in [0.25, 0.3) is 0 Å². The van der Waals surface area contributed by atoms with E-state index in [4.69, 9.17) is 5.11 Å². The van der Waals surface area contributed by atoms with Gasteiger partial charge in [0.15, 0.2) is 0 Å². The van der Waals surface area contributed by atoms with Gasteiger partial charge in [0.05, 0.1) is 5.56 Å². The summed E-state index contributed by atoms with van der Waals surface area (Å²) in [7, 11) is 0. The average Bonchev–Trinajstić information content (AvgIpc) is 2.55. The first-order valence-corrected chi connectivity index (χ1v) is 7.10. The number of carboxylic acids is 1. The van der Waals surface area contributed by atoms with Crippen molar-refractivity contribution in [2.75, 3.05) is 0 Å². The molecule has 0 radical (unpaired) electrons. The van der Waals surface area contributed by atoms with Crippen LogP contribution in [0.2, 0.25) is 0 Å². The molecule has 3 rings (SSSR count). The zero-order valence-electron chi connectivity index (χ0n) is 11.1. The number of aromatic carboxylic acids is 1. The topological polar surface area (TPSA) is 37.3 Å². The molecule has 1 aromatic carbocycles. The van der Waals surface area contributed by atoms with Gasteiger partial charge in [-0.1, -0.05) is 19.4 Å². The second-order valence-corrected chi connectivity index (χ2v) is 6.14. The maximum absolute atomic E-state index is 14.2. The molecular formula is C16H19FO2. The molecule has 1 N–H and O–H groups in total. The van der Waals surface area contributed by atoms with Crippen LogP contribution in [0.5, 0.6) is 0 Å². The van der Waals surface area contributed by atoms with Crippen LogP contribution in [0.25, 0.3) is 0 Å². The minimum Gasteiger partial charge on any atom is -0.478 e. The van der Waals surface area contributed by atoms with Gasteiger partial charge in [-0.05, 0) is 60.6 Å². The van der Waals surface area contributed by atoms with Gasteiger partial charge in [0, 0.05) is 0 Å². The lowest BCUT2D eigenvalue weighted by Crippen LogP contribution is -2.21. The molecule has 0 aromatic heterocycles. The predicted molar refractivity (Wildman–Crippen MR) is 70.7 cm³/mol. The van der Waals surface area contributed by atoms with E-state index in [1.165, 1.54) is 31.7 Å².